The number of aryl methyl sites for hydroxylation is 1. The Labute approximate surface area is 199 Å². The van der Waals surface area contributed by atoms with Crippen molar-refractivity contribution in [2.45, 2.75) is 31.8 Å². The summed E-state index contributed by atoms with van der Waals surface area (Å²) in [4.78, 5) is 40.2. The molecule has 6 heteroatoms. The molecule has 4 rings (SSSR count). The van der Waals surface area contributed by atoms with Crippen LogP contribution in [0.5, 0.6) is 0 Å². The van der Waals surface area contributed by atoms with Gasteiger partial charge in [0.15, 0.2) is 0 Å². The molecule has 0 aromatic heterocycles. The number of para-hydroxylation sites is 2. The zero-order valence-corrected chi connectivity index (χ0v) is 19.2. The number of hydrogen-bond acceptors (Lipinski definition) is 4. The summed E-state index contributed by atoms with van der Waals surface area (Å²) in [5.41, 5.74) is 1.17. The van der Waals surface area contributed by atoms with Crippen molar-refractivity contribution in [2.24, 2.45) is 11.8 Å². The fourth-order valence-electron chi connectivity index (χ4n) is 4.76. The lowest BCUT2D eigenvalue weighted by atomic mass is 9.61. The summed E-state index contributed by atoms with van der Waals surface area (Å²) in [6.07, 6.45) is -0.297. The molecule has 3 N–H and O–H groups in total. The fraction of sp³-hybridized carbons (Fsp3) is 0.250. The van der Waals surface area contributed by atoms with Gasteiger partial charge >= 0.3 is 0 Å². The SMILES string of the molecule is Cc1ccc([C@@H]2[C@H](C(=O)Nc3ccccc3)C(=O)C[C@@](C)(O)[C@H]2C(=O)Nc2ccccc2)cc1. The van der Waals surface area contributed by atoms with Crippen LogP contribution in [0.4, 0.5) is 11.4 Å². The number of carbonyl (C=O) groups excluding carboxylic acids is 3. The number of aliphatic hydroxyl groups is 1. The first-order chi connectivity index (χ1) is 16.3. The Morgan fingerprint density at radius 2 is 1.32 bits per heavy atom. The van der Waals surface area contributed by atoms with E-state index in [0.29, 0.717) is 16.9 Å². The fourth-order valence-corrected chi connectivity index (χ4v) is 4.76. The maximum atomic E-state index is 13.6. The van der Waals surface area contributed by atoms with Gasteiger partial charge in [-0.1, -0.05) is 66.2 Å². The molecule has 0 aliphatic heterocycles. The Morgan fingerprint density at radius 3 is 1.85 bits per heavy atom. The van der Waals surface area contributed by atoms with Crippen LogP contribution in [0.2, 0.25) is 0 Å². The van der Waals surface area contributed by atoms with Crippen LogP contribution >= 0.6 is 0 Å². The average Bonchev–Trinajstić information content (AvgIpc) is 2.79. The first-order valence-electron chi connectivity index (χ1n) is 11.3. The highest BCUT2D eigenvalue weighted by atomic mass is 16.3. The Morgan fingerprint density at radius 1 is 0.824 bits per heavy atom. The zero-order valence-electron chi connectivity index (χ0n) is 19.2. The molecular weight excluding hydrogens is 428 g/mol. The molecule has 2 amide bonds. The van der Waals surface area contributed by atoms with E-state index in [0.717, 1.165) is 5.56 Å². The van der Waals surface area contributed by atoms with E-state index >= 15 is 0 Å². The molecule has 3 aromatic carbocycles. The summed E-state index contributed by atoms with van der Waals surface area (Å²) in [5, 5.41) is 17.0. The highest BCUT2D eigenvalue weighted by Gasteiger charge is 2.55. The zero-order chi connectivity index (χ0) is 24.3. The van der Waals surface area contributed by atoms with Crippen LogP contribution in [0.3, 0.4) is 0 Å². The maximum absolute atomic E-state index is 13.6. The number of benzene rings is 3. The lowest BCUT2D eigenvalue weighted by Gasteiger charge is -2.44. The molecule has 0 saturated heterocycles. The largest absolute Gasteiger partial charge is 0.389 e. The normalized spacial score (nSPS) is 24.3. The van der Waals surface area contributed by atoms with Crippen molar-refractivity contribution in [1.29, 1.82) is 0 Å². The minimum atomic E-state index is -1.63. The quantitative estimate of drug-likeness (QED) is 0.499. The van der Waals surface area contributed by atoms with Crippen LogP contribution < -0.4 is 10.6 Å². The summed E-state index contributed by atoms with van der Waals surface area (Å²) >= 11 is 0. The predicted molar refractivity (Wildman–Crippen MR) is 131 cm³/mol. The molecule has 6 nitrogen and oxygen atoms in total. The molecule has 0 heterocycles. The van der Waals surface area contributed by atoms with Gasteiger partial charge in [-0.05, 0) is 43.7 Å². The van der Waals surface area contributed by atoms with Crippen molar-refractivity contribution >= 4 is 29.0 Å². The topological polar surface area (TPSA) is 95.5 Å². The van der Waals surface area contributed by atoms with Gasteiger partial charge in [0.2, 0.25) is 11.8 Å². The Kier molecular flexibility index (Phi) is 6.61. The van der Waals surface area contributed by atoms with Gasteiger partial charge in [0.25, 0.3) is 0 Å². The Balaban J connectivity index is 1.76. The predicted octanol–water partition coefficient (Wildman–Crippen LogP) is 4.31. The van der Waals surface area contributed by atoms with Crippen molar-refractivity contribution < 1.29 is 19.5 Å². The number of carbonyl (C=O) groups is 3. The highest BCUT2D eigenvalue weighted by molar-refractivity contribution is 6.10. The van der Waals surface area contributed by atoms with Crippen LogP contribution in [0.15, 0.2) is 84.9 Å². The van der Waals surface area contributed by atoms with Crippen molar-refractivity contribution in [1.82, 2.24) is 0 Å². The molecule has 0 unspecified atom stereocenters. The number of amides is 2. The standard InChI is InChI=1S/C28H28N2O4/c1-18-13-15-19(16-14-18)23-24(26(32)29-20-9-5-3-6-10-20)22(31)17-28(2,34)25(23)27(33)30-21-11-7-4-8-12-21/h3-16,23-25,34H,17H2,1-2H3,(H,29,32)(H,30,33)/t23-,24-,25-,28-/m1/s1. The number of hydrogen-bond donors (Lipinski definition) is 3. The Hall–Kier alpha value is -3.77. The molecule has 1 saturated carbocycles. The first-order valence-corrected chi connectivity index (χ1v) is 11.3. The van der Waals surface area contributed by atoms with E-state index in [1.54, 1.807) is 48.5 Å². The third-order valence-corrected chi connectivity index (χ3v) is 6.38. The molecule has 1 fully saturated rings. The van der Waals surface area contributed by atoms with E-state index in [9.17, 15) is 19.5 Å². The number of nitrogens with one attached hydrogen (secondary N) is 2. The third kappa shape index (κ3) is 4.92. The number of Topliss-reactive ketones (excluding diaryl/α,β-unsaturated/α-hetero) is 1. The van der Waals surface area contributed by atoms with Crippen molar-refractivity contribution in [2.75, 3.05) is 10.6 Å². The molecule has 4 atom stereocenters. The number of ketones is 1. The van der Waals surface area contributed by atoms with E-state index in [4.69, 9.17) is 0 Å². The number of anilines is 2. The smallest absolute Gasteiger partial charge is 0.235 e. The monoisotopic (exact) mass is 456 g/mol. The molecular formula is C28H28N2O4. The first kappa shape index (κ1) is 23.4. The van der Waals surface area contributed by atoms with E-state index in [-0.39, 0.29) is 6.42 Å². The van der Waals surface area contributed by atoms with Gasteiger partial charge in [0.1, 0.15) is 11.7 Å². The van der Waals surface area contributed by atoms with Gasteiger partial charge in [0.05, 0.1) is 11.5 Å². The molecule has 3 aromatic rings. The van der Waals surface area contributed by atoms with Crippen LogP contribution in [0.1, 0.15) is 30.4 Å². The van der Waals surface area contributed by atoms with Gasteiger partial charge in [-0.2, -0.15) is 0 Å². The average molecular weight is 457 g/mol. The highest BCUT2D eigenvalue weighted by Crippen LogP contribution is 2.46. The Bertz CT molecular complexity index is 1170. The molecule has 1 aliphatic rings. The van der Waals surface area contributed by atoms with E-state index < -0.39 is 41.0 Å². The summed E-state index contributed by atoms with van der Waals surface area (Å²) in [7, 11) is 0. The summed E-state index contributed by atoms with van der Waals surface area (Å²) in [6, 6.07) is 25.2. The lowest BCUT2D eigenvalue weighted by molar-refractivity contribution is -0.150. The minimum absolute atomic E-state index is 0.297. The van der Waals surface area contributed by atoms with E-state index in [1.165, 1.54) is 6.92 Å². The molecule has 0 radical (unpaired) electrons. The van der Waals surface area contributed by atoms with Crippen molar-refractivity contribution in [3.05, 3.63) is 96.1 Å². The molecule has 0 bridgehead atoms. The van der Waals surface area contributed by atoms with Gasteiger partial charge in [0, 0.05) is 23.7 Å². The van der Waals surface area contributed by atoms with Gasteiger partial charge in [-0.25, -0.2) is 0 Å². The van der Waals surface area contributed by atoms with E-state index in [1.807, 2.05) is 43.3 Å². The van der Waals surface area contributed by atoms with Crippen LogP contribution in [0, 0.1) is 18.8 Å². The summed E-state index contributed by atoms with van der Waals surface area (Å²) in [6.45, 7) is 3.43. The van der Waals surface area contributed by atoms with Crippen LogP contribution in [-0.2, 0) is 14.4 Å². The third-order valence-electron chi connectivity index (χ3n) is 6.38. The minimum Gasteiger partial charge on any atom is -0.389 e. The maximum Gasteiger partial charge on any atom is 0.235 e. The second-order valence-electron chi connectivity index (χ2n) is 9.10. The molecule has 174 valence electrons. The molecule has 34 heavy (non-hydrogen) atoms. The number of rotatable bonds is 5. The van der Waals surface area contributed by atoms with Crippen molar-refractivity contribution in [3.8, 4) is 0 Å². The van der Waals surface area contributed by atoms with Crippen LogP contribution in [-0.4, -0.2) is 28.3 Å². The van der Waals surface area contributed by atoms with Gasteiger partial charge in [-0.15, -0.1) is 0 Å². The second-order valence-corrected chi connectivity index (χ2v) is 9.10. The van der Waals surface area contributed by atoms with Gasteiger partial charge in [-0.3, -0.25) is 14.4 Å². The van der Waals surface area contributed by atoms with E-state index in [2.05, 4.69) is 10.6 Å². The summed E-state index contributed by atoms with van der Waals surface area (Å²) in [5.74, 6) is -4.33. The summed E-state index contributed by atoms with van der Waals surface area (Å²) < 4.78 is 0. The molecule has 0 spiro atoms. The van der Waals surface area contributed by atoms with Crippen molar-refractivity contribution in [3.63, 3.8) is 0 Å². The van der Waals surface area contributed by atoms with Gasteiger partial charge < -0.3 is 15.7 Å². The molecule has 1 aliphatic carbocycles. The lowest BCUT2D eigenvalue weighted by Crippen LogP contribution is -2.56. The second kappa shape index (κ2) is 9.61. The van der Waals surface area contributed by atoms with Crippen LogP contribution in [0.25, 0.3) is 0 Å².